The van der Waals surface area contributed by atoms with Crippen LogP contribution in [0.1, 0.15) is 11.3 Å². The van der Waals surface area contributed by atoms with Crippen LogP contribution in [0.2, 0.25) is 0 Å². The molecule has 7 heteroatoms. The molecule has 0 saturated carbocycles. The van der Waals surface area contributed by atoms with Gasteiger partial charge in [0.1, 0.15) is 5.82 Å². The second kappa shape index (κ2) is 6.64. The molecule has 1 aromatic carbocycles. The molecule has 128 valence electrons. The van der Waals surface area contributed by atoms with E-state index in [4.69, 9.17) is 0 Å². The zero-order chi connectivity index (χ0) is 17.9. The van der Waals surface area contributed by atoms with E-state index < -0.39 is 11.3 Å². The quantitative estimate of drug-likeness (QED) is 0.527. The van der Waals surface area contributed by atoms with Crippen LogP contribution in [-0.4, -0.2) is 30.3 Å². The standard InChI is InChI=1S/C19H15N5O2/c25-17-11-21-18(23-19(17)26)13-6-7-20-15(9-13)14-10-22-24-16(14)8-12-4-2-1-3-5-12/h1-7,9-11,25H,8H2,(H,22,24)(H,21,23,26). The Morgan fingerprint density at radius 3 is 2.69 bits per heavy atom. The average molecular weight is 345 g/mol. The van der Waals surface area contributed by atoms with Crippen LogP contribution < -0.4 is 5.56 Å². The first-order valence-electron chi connectivity index (χ1n) is 8.02. The van der Waals surface area contributed by atoms with Gasteiger partial charge in [-0.25, -0.2) is 4.98 Å². The van der Waals surface area contributed by atoms with Crippen LogP contribution in [0.3, 0.4) is 0 Å². The van der Waals surface area contributed by atoms with Crippen molar-refractivity contribution in [3.05, 3.63) is 82.7 Å². The van der Waals surface area contributed by atoms with Crippen molar-refractivity contribution >= 4 is 0 Å². The SMILES string of the molecule is O=c1[nH]c(-c2ccnc(-c3cn[nH]c3Cc3ccccc3)c2)ncc1O. The Morgan fingerprint density at radius 2 is 1.88 bits per heavy atom. The van der Waals surface area contributed by atoms with Crippen LogP contribution in [-0.2, 0) is 6.42 Å². The second-order valence-electron chi connectivity index (χ2n) is 5.80. The normalized spacial score (nSPS) is 10.8. The number of nitrogens with zero attached hydrogens (tertiary/aromatic N) is 3. The van der Waals surface area contributed by atoms with E-state index in [1.807, 2.05) is 24.3 Å². The zero-order valence-electron chi connectivity index (χ0n) is 13.7. The van der Waals surface area contributed by atoms with E-state index in [1.54, 1.807) is 18.5 Å². The Labute approximate surface area is 148 Å². The number of aromatic nitrogens is 5. The number of hydrogen-bond donors (Lipinski definition) is 3. The van der Waals surface area contributed by atoms with Gasteiger partial charge in [0, 0.05) is 29.4 Å². The van der Waals surface area contributed by atoms with E-state index in [9.17, 15) is 9.90 Å². The summed E-state index contributed by atoms with van der Waals surface area (Å²) >= 11 is 0. The topological polar surface area (TPSA) is 108 Å². The summed E-state index contributed by atoms with van der Waals surface area (Å²) in [4.78, 5) is 22.6. The maximum absolute atomic E-state index is 11.6. The second-order valence-corrected chi connectivity index (χ2v) is 5.80. The summed E-state index contributed by atoms with van der Waals surface area (Å²) in [5.74, 6) is -0.0486. The number of H-pyrrole nitrogens is 2. The Bertz CT molecular complexity index is 1100. The molecule has 0 fully saturated rings. The van der Waals surface area contributed by atoms with E-state index >= 15 is 0 Å². The highest BCUT2D eigenvalue weighted by molar-refractivity contribution is 5.68. The van der Waals surface area contributed by atoms with Crippen LogP contribution in [0.4, 0.5) is 0 Å². The molecular weight excluding hydrogens is 330 g/mol. The maximum atomic E-state index is 11.6. The summed E-state index contributed by atoms with van der Waals surface area (Å²) in [6, 6.07) is 13.7. The Balaban J connectivity index is 1.70. The first-order chi connectivity index (χ1) is 12.7. The Morgan fingerprint density at radius 1 is 1.04 bits per heavy atom. The van der Waals surface area contributed by atoms with E-state index in [0.29, 0.717) is 17.8 Å². The number of rotatable bonds is 4. The molecule has 3 heterocycles. The molecule has 0 atom stereocenters. The largest absolute Gasteiger partial charge is 0.502 e. The van der Waals surface area contributed by atoms with E-state index in [1.165, 1.54) is 5.56 Å². The lowest BCUT2D eigenvalue weighted by Gasteiger charge is -2.06. The number of nitrogens with one attached hydrogen (secondary N) is 2. The third-order valence-electron chi connectivity index (χ3n) is 4.03. The average Bonchev–Trinajstić information content (AvgIpc) is 3.13. The molecule has 26 heavy (non-hydrogen) atoms. The summed E-state index contributed by atoms with van der Waals surface area (Å²) in [7, 11) is 0. The highest BCUT2D eigenvalue weighted by atomic mass is 16.3. The number of aromatic amines is 2. The first-order valence-corrected chi connectivity index (χ1v) is 8.02. The fourth-order valence-corrected chi connectivity index (χ4v) is 2.73. The van der Waals surface area contributed by atoms with Gasteiger partial charge in [-0.3, -0.25) is 14.9 Å². The van der Waals surface area contributed by atoms with Crippen molar-refractivity contribution < 1.29 is 5.11 Å². The number of benzene rings is 1. The van der Waals surface area contributed by atoms with Crippen LogP contribution in [0, 0.1) is 0 Å². The molecule has 3 N–H and O–H groups in total. The number of hydrogen-bond acceptors (Lipinski definition) is 5. The van der Waals surface area contributed by atoms with Gasteiger partial charge in [-0.1, -0.05) is 30.3 Å². The van der Waals surface area contributed by atoms with Crippen molar-refractivity contribution in [1.29, 1.82) is 0 Å². The number of pyridine rings is 1. The summed E-state index contributed by atoms with van der Waals surface area (Å²) in [6.07, 6.45) is 5.22. The lowest BCUT2D eigenvalue weighted by molar-refractivity contribution is 0.463. The van der Waals surface area contributed by atoms with Gasteiger partial charge in [0.05, 0.1) is 18.1 Å². The molecule has 3 aromatic heterocycles. The molecule has 0 spiro atoms. The molecule has 0 bridgehead atoms. The Hall–Kier alpha value is -3.74. The molecule has 0 saturated heterocycles. The summed E-state index contributed by atoms with van der Waals surface area (Å²) in [5.41, 5.74) is 3.84. The van der Waals surface area contributed by atoms with Crippen LogP contribution >= 0.6 is 0 Å². The van der Waals surface area contributed by atoms with Crippen LogP contribution in [0.25, 0.3) is 22.6 Å². The molecule has 0 aliphatic rings. The van der Waals surface area contributed by atoms with Gasteiger partial charge in [-0.2, -0.15) is 5.10 Å². The van der Waals surface area contributed by atoms with Gasteiger partial charge in [-0.05, 0) is 17.7 Å². The molecule has 4 aromatic rings. The summed E-state index contributed by atoms with van der Waals surface area (Å²) in [5, 5.41) is 16.5. The smallest absolute Gasteiger partial charge is 0.293 e. The van der Waals surface area contributed by atoms with Crippen molar-refractivity contribution in [3.63, 3.8) is 0 Å². The molecule has 7 nitrogen and oxygen atoms in total. The van der Waals surface area contributed by atoms with Gasteiger partial charge >= 0.3 is 0 Å². The van der Waals surface area contributed by atoms with Crippen molar-refractivity contribution in [2.24, 2.45) is 0 Å². The van der Waals surface area contributed by atoms with E-state index in [2.05, 4.69) is 37.3 Å². The lowest BCUT2D eigenvalue weighted by Crippen LogP contribution is -2.07. The predicted molar refractivity (Wildman–Crippen MR) is 96.6 cm³/mol. The third kappa shape index (κ3) is 3.10. The van der Waals surface area contributed by atoms with Crippen LogP contribution in [0.15, 0.2) is 65.8 Å². The predicted octanol–water partition coefficient (Wildman–Crippen LogP) is 2.52. The molecule has 0 radical (unpaired) electrons. The van der Waals surface area contributed by atoms with E-state index in [0.717, 1.165) is 23.1 Å². The molecule has 4 rings (SSSR count). The van der Waals surface area contributed by atoms with Crippen molar-refractivity contribution in [3.8, 4) is 28.4 Å². The first kappa shape index (κ1) is 15.8. The lowest BCUT2D eigenvalue weighted by atomic mass is 10.0. The van der Waals surface area contributed by atoms with Gasteiger partial charge in [0.25, 0.3) is 5.56 Å². The van der Waals surface area contributed by atoms with Crippen LogP contribution in [0.5, 0.6) is 5.75 Å². The minimum atomic E-state index is -0.582. The molecule has 0 amide bonds. The number of aromatic hydroxyl groups is 1. The highest BCUT2D eigenvalue weighted by Crippen LogP contribution is 2.25. The van der Waals surface area contributed by atoms with Crippen molar-refractivity contribution in [1.82, 2.24) is 25.1 Å². The van der Waals surface area contributed by atoms with E-state index in [-0.39, 0.29) is 0 Å². The van der Waals surface area contributed by atoms with Gasteiger partial charge in [0.2, 0.25) is 0 Å². The Kier molecular flexibility index (Phi) is 4.03. The minimum Gasteiger partial charge on any atom is -0.502 e. The molecule has 0 aliphatic heterocycles. The van der Waals surface area contributed by atoms with Gasteiger partial charge in [-0.15, -0.1) is 0 Å². The minimum absolute atomic E-state index is 0.365. The molecule has 0 aliphatic carbocycles. The highest BCUT2D eigenvalue weighted by Gasteiger charge is 2.12. The molecule has 0 unspecified atom stereocenters. The van der Waals surface area contributed by atoms with Crippen molar-refractivity contribution in [2.45, 2.75) is 6.42 Å². The third-order valence-corrected chi connectivity index (χ3v) is 4.03. The monoisotopic (exact) mass is 345 g/mol. The fraction of sp³-hybridized carbons (Fsp3) is 0.0526. The van der Waals surface area contributed by atoms with Crippen molar-refractivity contribution in [2.75, 3.05) is 0 Å². The summed E-state index contributed by atoms with van der Waals surface area (Å²) in [6.45, 7) is 0. The molecular formula is C19H15N5O2. The van der Waals surface area contributed by atoms with Gasteiger partial charge in [0.15, 0.2) is 5.75 Å². The van der Waals surface area contributed by atoms with Gasteiger partial charge < -0.3 is 10.1 Å². The maximum Gasteiger partial charge on any atom is 0.293 e. The summed E-state index contributed by atoms with van der Waals surface area (Å²) < 4.78 is 0. The fourth-order valence-electron chi connectivity index (χ4n) is 2.73. The zero-order valence-corrected chi connectivity index (χ0v) is 13.7.